The number of rotatable bonds is 5. The van der Waals surface area contributed by atoms with E-state index in [0.29, 0.717) is 12.6 Å². The van der Waals surface area contributed by atoms with E-state index < -0.39 is 0 Å². The molecule has 0 bridgehead atoms. The lowest BCUT2D eigenvalue weighted by molar-refractivity contribution is 0.153. The molecule has 114 valence electrons. The Kier molecular flexibility index (Phi) is 6.51. The molecule has 1 aromatic rings. The third-order valence-corrected chi connectivity index (χ3v) is 7.49. The van der Waals surface area contributed by atoms with Crippen molar-refractivity contribution in [3.8, 4) is 0 Å². The summed E-state index contributed by atoms with van der Waals surface area (Å²) in [6.07, 6.45) is 2.60. The summed E-state index contributed by atoms with van der Waals surface area (Å²) in [7, 11) is 4.42. The van der Waals surface area contributed by atoms with Gasteiger partial charge in [-0.1, -0.05) is 0 Å². The molecule has 0 aliphatic carbocycles. The lowest BCUT2D eigenvalue weighted by Gasteiger charge is -2.34. The second-order valence-corrected chi connectivity index (χ2v) is 8.96. The van der Waals surface area contributed by atoms with Crippen molar-refractivity contribution in [2.75, 3.05) is 40.3 Å². The monoisotopic (exact) mass is 423 g/mol. The first kappa shape index (κ1) is 16.9. The number of thiophene rings is 1. The maximum Gasteiger partial charge on any atom is 0.0843 e. The van der Waals surface area contributed by atoms with Crippen molar-refractivity contribution in [2.24, 2.45) is 11.7 Å². The van der Waals surface area contributed by atoms with Crippen LogP contribution in [0.1, 0.15) is 23.8 Å². The van der Waals surface area contributed by atoms with E-state index in [2.05, 4.69) is 61.8 Å². The van der Waals surface area contributed by atoms with E-state index in [4.69, 9.17) is 5.73 Å². The molecule has 6 heteroatoms. The summed E-state index contributed by atoms with van der Waals surface area (Å²) in [4.78, 5) is 6.19. The van der Waals surface area contributed by atoms with Crippen LogP contribution < -0.4 is 5.73 Å². The van der Waals surface area contributed by atoms with Crippen molar-refractivity contribution >= 4 is 43.2 Å². The molecular weight excluding hydrogens is 402 g/mol. The van der Waals surface area contributed by atoms with Crippen molar-refractivity contribution in [1.29, 1.82) is 0 Å². The maximum absolute atomic E-state index is 6.02. The van der Waals surface area contributed by atoms with Crippen molar-refractivity contribution in [3.05, 3.63) is 19.2 Å². The van der Waals surface area contributed by atoms with Gasteiger partial charge in [0.1, 0.15) is 0 Å². The number of halogens is 2. The smallest absolute Gasteiger partial charge is 0.0843 e. The van der Waals surface area contributed by atoms with E-state index in [1.165, 1.54) is 30.8 Å². The molecule has 0 aromatic carbocycles. The van der Waals surface area contributed by atoms with Crippen LogP contribution in [0.5, 0.6) is 0 Å². The highest BCUT2D eigenvalue weighted by molar-refractivity contribution is 9.13. The molecule has 0 spiro atoms. The fourth-order valence-corrected chi connectivity index (χ4v) is 5.09. The van der Waals surface area contributed by atoms with Gasteiger partial charge in [-0.15, -0.1) is 11.3 Å². The number of likely N-dealkylation sites (tertiary alicyclic amines) is 1. The lowest BCUT2D eigenvalue weighted by Crippen LogP contribution is -2.38. The van der Waals surface area contributed by atoms with Crippen LogP contribution in [0.15, 0.2) is 14.3 Å². The van der Waals surface area contributed by atoms with Crippen LogP contribution in [-0.4, -0.2) is 50.1 Å². The third kappa shape index (κ3) is 4.27. The molecule has 1 atom stereocenters. The minimum atomic E-state index is 0.322. The quantitative estimate of drug-likeness (QED) is 0.784. The van der Waals surface area contributed by atoms with Crippen LogP contribution in [0, 0.1) is 5.92 Å². The molecule has 1 unspecified atom stereocenters. The standard InChI is InChI=1S/C14H23Br2N3S/c1-18-5-3-10(4-6-18)9-19(2)12(8-17)13-7-11(15)14(16)20-13/h7,10,12H,3-6,8-9,17H2,1-2H3. The minimum Gasteiger partial charge on any atom is -0.329 e. The number of piperidine rings is 1. The lowest BCUT2D eigenvalue weighted by atomic mass is 9.96. The topological polar surface area (TPSA) is 32.5 Å². The summed E-state index contributed by atoms with van der Waals surface area (Å²) in [5.74, 6) is 0.803. The first-order valence-corrected chi connectivity index (χ1v) is 9.45. The zero-order valence-electron chi connectivity index (χ0n) is 12.1. The Morgan fingerprint density at radius 3 is 2.60 bits per heavy atom. The molecule has 3 nitrogen and oxygen atoms in total. The average molecular weight is 425 g/mol. The predicted molar refractivity (Wildman–Crippen MR) is 94.4 cm³/mol. The summed E-state index contributed by atoms with van der Waals surface area (Å²) in [6.45, 7) is 4.26. The number of nitrogens with two attached hydrogens (primary N) is 1. The molecule has 1 aromatic heterocycles. The van der Waals surface area contributed by atoms with E-state index in [0.717, 1.165) is 20.7 Å². The van der Waals surface area contributed by atoms with Crippen LogP contribution in [-0.2, 0) is 0 Å². The second kappa shape index (κ2) is 7.70. The van der Waals surface area contributed by atoms with Gasteiger partial charge in [-0.25, -0.2) is 0 Å². The van der Waals surface area contributed by atoms with E-state index in [1.807, 2.05) is 0 Å². The van der Waals surface area contributed by atoms with Gasteiger partial charge >= 0.3 is 0 Å². The highest BCUT2D eigenvalue weighted by Crippen LogP contribution is 2.37. The van der Waals surface area contributed by atoms with Gasteiger partial charge in [0, 0.05) is 22.4 Å². The number of nitrogens with zero attached hydrogens (tertiary/aromatic N) is 2. The highest BCUT2D eigenvalue weighted by Gasteiger charge is 2.23. The number of likely N-dealkylation sites (N-methyl/N-ethyl adjacent to an activating group) is 1. The van der Waals surface area contributed by atoms with Crippen molar-refractivity contribution in [2.45, 2.75) is 18.9 Å². The molecule has 0 amide bonds. The molecule has 1 fully saturated rings. The number of hydrogen-bond acceptors (Lipinski definition) is 4. The van der Waals surface area contributed by atoms with Gasteiger partial charge < -0.3 is 10.6 Å². The number of hydrogen-bond donors (Lipinski definition) is 1. The molecule has 1 aliphatic rings. The summed E-state index contributed by atoms with van der Waals surface area (Å²) < 4.78 is 2.28. The Hall–Kier alpha value is 0.540. The Bertz CT molecular complexity index is 411. The summed E-state index contributed by atoms with van der Waals surface area (Å²) in [5, 5.41) is 0. The molecule has 20 heavy (non-hydrogen) atoms. The van der Waals surface area contributed by atoms with Crippen molar-refractivity contribution < 1.29 is 0 Å². The van der Waals surface area contributed by atoms with Crippen molar-refractivity contribution in [1.82, 2.24) is 9.80 Å². The molecule has 2 N–H and O–H groups in total. The van der Waals surface area contributed by atoms with Gasteiger partial charge in [-0.3, -0.25) is 4.90 Å². The molecule has 0 saturated carbocycles. The fraction of sp³-hybridized carbons (Fsp3) is 0.714. The van der Waals surface area contributed by atoms with Crippen LogP contribution >= 0.6 is 43.2 Å². The molecule has 0 radical (unpaired) electrons. The molecule has 2 heterocycles. The fourth-order valence-electron chi connectivity index (χ4n) is 2.82. The van der Waals surface area contributed by atoms with Crippen LogP contribution in [0.3, 0.4) is 0 Å². The summed E-state index contributed by atoms with van der Waals surface area (Å²) in [6, 6.07) is 2.51. The van der Waals surface area contributed by atoms with E-state index in [9.17, 15) is 0 Å². The van der Waals surface area contributed by atoms with Crippen LogP contribution in [0.2, 0.25) is 0 Å². The Morgan fingerprint density at radius 1 is 1.45 bits per heavy atom. The minimum absolute atomic E-state index is 0.322. The van der Waals surface area contributed by atoms with Gasteiger partial charge in [0.05, 0.1) is 9.83 Å². The normalized spacial score (nSPS) is 19.7. The zero-order chi connectivity index (χ0) is 14.7. The molecule has 1 aliphatic heterocycles. The molecular formula is C14H23Br2N3S. The van der Waals surface area contributed by atoms with Crippen LogP contribution in [0.4, 0.5) is 0 Å². The van der Waals surface area contributed by atoms with Gasteiger partial charge in [0.15, 0.2) is 0 Å². The SMILES string of the molecule is CN1CCC(CN(C)C(CN)c2cc(Br)c(Br)s2)CC1. The van der Waals surface area contributed by atoms with Gasteiger partial charge in [-0.05, 0) is 83.9 Å². The van der Waals surface area contributed by atoms with Crippen molar-refractivity contribution in [3.63, 3.8) is 0 Å². The molecule has 1 saturated heterocycles. The second-order valence-electron chi connectivity index (χ2n) is 5.71. The van der Waals surface area contributed by atoms with Gasteiger partial charge in [-0.2, -0.15) is 0 Å². The Balaban J connectivity index is 1.96. The average Bonchev–Trinajstić information content (AvgIpc) is 2.73. The first-order chi connectivity index (χ1) is 9.51. The zero-order valence-corrected chi connectivity index (χ0v) is 16.1. The van der Waals surface area contributed by atoms with E-state index in [1.54, 1.807) is 11.3 Å². The predicted octanol–water partition coefficient (Wildman–Crippen LogP) is 3.55. The van der Waals surface area contributed by atoms with Gasteiger partial charge in [0.25, 0.3) is 0 Å². The van der Waals surface area contributed by atoms with E-state index >= 15 is 0 Å². The van der Waals surface area contributed by atoms with Gasteiger partial charge in [0.2, 0.25) is 0 Å². The Morgan fingerprint density at radius 2 is 2.10 bits per heavy atom. The largest absolute Gasteiger partial charge is 0.329 e. The highest BCUT2D eigenvalue weighted by atomic mass is 79.9. The maximum atomic E-state index is 6.02. The molecule has 2 rings (SSSR count). The third-order valence-electron chi connectivity index (χ3n) is 4.13. The first-order valence-electron chi connectivity index (χ1n) is 7.04. The summed E-state index contributed by atoms with van der Waals surface area (Å²) >= 11 is 8.92. The summed E-state index contributed by atoms with van der Waals surface area (Å²) in [5.41, 5.74) is 6.02. The van der Waals surface area contributed by atoms with Crippen LogP contribution in [0.25, 0.3) is 0 Å². The van der Waals surface area contributed by atoms with E-state index in [-0.39, 0.29) is 0 Å². The Labute approximate surface area is 142 Å².